The summed E-state index contributed by atoms with van der Waals surface area (Å²) in [5.41, 5.74) is 29.6. The van der Waals surface area contributed by atoms with Gasteiger partial charge in [-0.1, -0.05) is 0 Å². The van der Waals surface area contributed by atoms with Crippen molar-refractivity contribution < 1.29 is 67.1 Å². The molecule has 0 aromatic rings. The van der Waals surface area contributed by atoms with Crippen LogP contribution in [0.1, 0.15) is 6.42 Å². The summed E-state index contributed by atoms with van der Waals surface area (Å²) >= 11 is 0. The molecule has 3 aliphatic rings. The fourth-order valence-electron chi connectivity index (χ4n) is 4.45. The van der Waals surface area contributed by atoms with E-state index in [4.69, 9.17) is 65.1 Å². The quantitative estimate of drug-likeness (QED) is 0.129. The second-order valence-corrected chi connectivity index (χ2v) is 10.2. The van der Waals surface area contributed by atoms with Crippen molar-refractivity contribution in [2.24, 2.45) is 28.7 Å². The number of nitrogens with two attached hydrogens (primary N) is 5. The van der Waals surface area contributed by atoms with E-state index in [1.807, 2.05) is 0 Å². The number of rotatable bonds is 6. The lowest BCUT2D eigenvalue weighted by Gasteiger charge is -2.48. The third-order valence-corrected chi connectivity index (χ3v) is 6.56. The Balaban J connectivity index is 0.000000926. The Morgan fingerprint density at radius 1 is 0.711 bits per heavy atom. The molecule has 0 amide bonds. The Kier molecular flexibility index (Phi) is 12.1. The van der Waals surface area contributed by atoms with Crippen molar-refractivity contribution in [3.63, 3.8) is 0 Å². The molecule has 226 valence electrons. The van der Waals surface area contributed by atoms with Gasteiger partial charge in [-0.2, -0.15) is 8.42 Å². The minimum Gasteiger partial charge on any atom is -0.394 e. The molecule has 15 atom stereocenters. The van der Waals surface area contributed by atoms with Crippen molar-refractivity contribution in [2.45, 2.75) is 98.1 Å². The van der Waals surface area contributed by atoms with E-state index in [0.29, 0.717) is 0 Å². The second kappa shape index (κ2) is 13.8. The Labute approximate surface area is 217 Å². The minimum absolute atomic E-state index is 0.115. The molecule has 0 radical (unpaired) electrons. The first-order chi connectivity index (χ1) is 17.5. The number of aliphatic hydroxyl groups is 6. The van der Waals surface area contributed by atoms with E-state index in [1.54, 1.807) is 0 Å². The number of hydrogen-bond donors (Lipinski definition) is 13. The fraction of sp³-hybridized carbons (Fsp3) is 1.00. The van der Waals surface area contributed by atoms with Crippen LogP contribution in [0.5, 0.6) is 0 Å². The second-order valence-electron chi connectivity index (χ2n) is 9.32. The van der Waals surface area contributed by atoms with Gasteiger partial charge in [-0.25, -0.2) is 0 Å². The Bertz CT molecular complexity index is 784. The van der Waals surface area contributed by atoms with E-state index < -0.39 is 109 Å². The largest absolute Gasteiger partial charge is 0.394 e. The van der Waals surface area contributed by atoms with E-state index >= 15 is 0 Å². The van der Waals surface area contributed by atoms with E-state index in [-0.39, 0.29) is 13.0 Å². The zero-order chi connectivity index (χ0) is 29.1. The molecule has 3 fully saturated rings. The van der Waals surface area contributed by atoms with Crippen LogP contribution in [-0.4, -0.2) is 153 Å². The summed E-state index contributed by atoms with van der Waals surface area (Å²) < 4.78 is 54.1. The van der Waals surface area contributed by atoms with E-state index in [1.165, 1.54) is 0 Å². The highest BCUT2D eigenvalue weighted by molar-refractivity contribution is 7.79. The molecule has 0 spiro atoms. The van der Waals surface area contributed by atoms with Crippen LogP contribution >= 0.6 is 0 Å². The number of hydrogen-bond acceptors (Lipinski definition) is 17. The topological polar surface area (TPSA) is 363 Å². The zero-order valence-corrected chi connectivity index (χ0v) is 20.9. The van der Waals surface area contributed by atoms with E-state index in [0.717, 1.165) is 0 Å². The highest BCUT2D eigenvalue weighted by Crippen LogP contribution is 2.30. The summed E-state index contributed by atoms with van der Waals surface area (Å²) in [4.78, 5) is 0. The maximum Gasteiger partial charge on any atom is 0.394 e. The van der Waals surface area contributed by atoms with E-state index in [2.05, 4.69) is 0 Å². The van der Waals surface area contributed by atoms with Gasteiger partial charge in [0.15, 0.2) is 12.6 Å². The molecular formula is C18H39N5O14S. The first-order valence-corrected chi connectivity index (χ1v) is 13.0. The van der Waals surface area contributed by atoms with Gasteiger partial charge in [-0.05, 0) is 6.42 Å². The molecule has 9 unspecified atom stereocenters. The Morgan fingerprint density at radius 3 is 1.66 bits per heavy atom. The minimum atomic E-state index is -4.67. The summed E-state index contributed by atoms with van der Waals surface area (Å²) in [5, 5.41) is 60.9. The molecule has 18 N–H and O–H groups in total. The molecule has 0 bridgehead atoms. The molecule has 0 aromatic heterocycles. The van der Waals surface area contributed by atoms with Gasteiger partial charge in [-0.3, -0.25) is 9.11 Å². The van der Waals surface area contributed by atoms with Gasteiger partial charge >= 0.3 is 10.4 Å². The molecule has 38 heavy (non-hydrogen) atoms. The fourth-order valence-corrected chi connectivity index (χ4v) is 4.45. The molecule has 0 aromatic carbocycles. The highest BCUT2D eigenvalue weighted by atomic mass is 32.3. The molecule has 3 rings (SSSR count). The van der Waals surface area contributed by atoms with Crippen molar-refractivity contribution in [1.29, 1.82) is 0 Å². The molecule has 19 nitrogen and oxygen atoms in total. The number of aliphatic hydroxyl groups excluding tert-OH is 6. The molecular weight excluding hydrogens is 542 g/mol. The van der Waals surface area contributed by atoms with Gasteiger partial charge in [-0.15, -0.1) is 0 Å². The smallest absolute Gasteiger partial charge is 0.394 e. The van der Waals surface area contributed by atoms with Crippen molar-refractivity contribution in [3.8, 4) is 0 Å². The zero-order valence-electron chi connectivity index (χ0n) is 20.1. The molecule has 20 heteroatoms. The normalized spacial score (nSPS) is 48.2. The predicted octanol–water partition coefficient (Wildman–Crippen LogP) is -7.98. The molecule has 2 saturated heterocycles. The lowest BCUT2D eigenvalue weighted by atomic mass is 9.84. The third kappa shape index (κ3) is 8.15. The summed E-state index contributed by atoms with van der Waals surface area (Å²) in [6.45, 7) is -0.694. The van der Waals surface area contributed by atoms with Gasteiger partial charge in [0.25, 0.3) is 0 Å². The first kappa shape index (κ1) is 33.5. The maximum absolute atomic E-state index is 11.0. The Morgan fingerprint density at radius 2 is 1.18 bits per heavy atom. The lowest BCUT2D eigenvalue weighted by molar-refractivity contribution is -0.318. The van der Waals surface area contributed by atoms with Crippen LogP contribution in [0, 0.1) is 0 Å². The third-order valence-electron chi connectivity index (χ3n) is 6.56. The van der Waals surface area contributed by atoms with Crippen LogP contribution in [-0.2, 0) is 29.3 Å². The van der Waals surface area contributed by atoms with Crippen LogP contribution < -0.4 is 28.7 Å². The summed E-state index contributed by atoms with van der Waals surface area (Å²) in [6.07, 6.45) is -13.9. The van der Waals surface area contributed by atoms with Crippen LogP contribution in [0.4, 0.5) is 0 Å². The highest BCUT2D eigenvalue weighted by Gasteiger charge is 2.51. The standard InChI is InChI=1S/C18H37N5O10.H2O4S/c19-2-6-11(26)12(27)9(23)17(30-6)32-15-4(20)1-5(21)16(14(15)29)33-18-13(28)8(22)10(25)7(3-24)31-18;1-5(2,3)4/h4-18,24-29H,1-3,19-23H2;(H2,1,2,3,4)/t4-,5+,6?,7?,8?,9?,10?,11?,12?,13?,14?,15+,16-,17+,18-;/m1./s1. The summed E-state index contributed by atoms with van der Waals surface area (Å²) in [5.74, 6) is 0. The van der Waals surface area contributed by atoms with Crippen LogP contribution in [0.15, 0.2) is 0 Å². The number of ether oxygens (including phenoxy) is 4. The van der Waals surface area contributed by atoms with Gasteiger partial charge in [0, 0.05) is 18.6 Å². The molecule has 2 aliphatic heterocycles. The SMILES string of the molecule is NCC1O[C@@H](O[C@@H]2C(O)[C@H](O[C@H]3OC(CO)C(O)C(N)C3O)[C@@H](N)C[C@H]2N)C(N)C(O)C1O.O=S(=O)(O)O. The maximum atomic E-state index is 11.0. The summed E-state index contributed by atoms with van der Waals surface area (Å²) in [6, 6.07) is -3.92. The predicted molar refractivity (Wildman–Crippen MR) is 124 cm³/mol. The molecule has 2 heterocycles. The molecule has 1 aliphatic carbocycles. The lowest BCUT2D eigenvalue weighted by Crippen LogP contribution is -2.69. The average molecular weight is 582 g/mol. The van der Waals surface area contributed by atoms with Crippen molar-refractivity contribution in [1.82, 2.24) is 0 Å². The van der Waals surface area contributed by atoms with Gasteiger partial charge in [0.2, 0.25) is 0 Å². The van der Waals surface area contributed by atoms with Crippen molar-refractivity contribution in [3.05, 3.63) is 0 Å². The Hall–Kier alpha value is -0.730. The van der Waals surface area contributed by atoms with Crippen LogP contribution in [0.3, 0.4) is 0 Å². The van der Waals surface area contributed by atoms with Crippen molar-refractivity contribution in [2.75, 3.05) is 13.2 Å². The van der Waals surface area contributed by atoms with Crippen molar-refractivity contribution >= 4 is 10.4 Å². The van der Waals surface area contributed by atoms with Crippen LogP contribution in [0.2, 0.25) is 0 Å². The summed E-state index contributed by atoms with van der Waals surface area (Å²) in [7, 11) is -4.67. The van der Waals surface area contributed by atoms with Gasteiger partial charge < -0.3 is 78.3 Å². The first-order valence-electron chi connectivity index (χ1n) is 11.6. The van der Waals surface area contributed by atoms with Gasteiger partial charge in [0.05, 0.1) is 18.7 Å². The monoisotopic (exact) mass is 581 g/mol. The van der Waals surface area contributed by atoms with Gasteiger partial charge in [0.1, 0.15) is 54.9 Å². The van der Waals surface area contributed by atoms with Crippen LogP contribution in [0.25, 0.3) is 0 Å². The average Bonchev–Trinajstić information content (AvgIpc) is 2.83. The van der Waals surface area contributed by atoms with E-state index in [9.17, 15) is 30.6 Å². The molecule has 1 saturated carbocycles.